The fraction of sp³-hybridized carbons (Fsp3) is 0.795. The molecule has 0 aliphatic heterocycles. The van der Waals surface area contributed by atoms with Crippen LogP contribution in [0.2, 0.25) is 0 Å². The van der Waals surface area contributed by atoms with E-state index in [9.17, 15) is 19.0 Å². The Morgan fingerprint density at radius 2 is 1.12 bits per heavy atom. The summed E-state index contributed by atoms with van der Waals surface area (Å²) >= 11 is 0. The first-order chi connectivity index (χ1) is 23.8. The van der Waals surface area contributed by atoms with Crippen molar-refractivity contribution in [1.82, 2.24) is 0 Å². The summed E-state index contributed by atoms with van der Waals surface area (Å²) in [5.74, 6) is -0.840. The highest BCUT2D eigenvalue weighted by molar-refractivity contribution is 7.47. The first-order valence-corrected chi connectivity index (χ1v) is 21.0. The molecule has 0 heterocycles. The van der Waals surface area contributed by atoms with Gasteiger partial charge < -0.3 is 20.1 Å². The van der Waals surface area contributed by atoms with Crippen molar-refractivity contribution >= 4 is 19.8 Å². The molecule has 3 N–H and O–H groups in total. The lowest BCUT2D eigenvalue weighted by molar-refractivity contribution is -0.161. The van der Waals surface area contributed by atoms with Crippen LogP contribution in [0, 0.1) is 0 Å². The molecule has 49 heavy (non-hydrogen) atoms. The topological polar surface area (TPSA) is 134 Å². The normalized spacial score (nSPS) is 13.8. The molecular formula is C39H72NO8P. The van der Waals surface area contributed by atoms with Crippen LogP contribution in [-0.2, 0) is 32.7 Å². The number of carbonyl (C=O) groups excluding carboxylic acids is 2. The zero-order valence-corrected chi connectivity index (χ0v) is 32.1. The molecule has 0 spiro atoms. The minimum atomic E-state index is -4.37. The summed E-state index contributed by atoms with van der Waals surface area (Å²) < 4.78 is 32.6. The maximum Gasteiger partial charge on any atom is 0.472 e. The van der Waals surface area contributed by atoms with Gasteiger partial charge in [0.1, 0.15) is 6.61 Å². The average Bonchev–Trinajstić information content (AvgIpc) is 3.08. The van der Waals surface area contributed by atoms with Gasteiger partial charge in [0.05, 0.1) is 13.2 Å². The number of phosphoric acid groups is 1. The van der Waals surface area contributed by atoms with E-state index in [-0.39, 0.29) is 38.6 Å². The summed E-state index contributed by atoms with van der Waals surface area (Å²) in [4.78, 5) is 34.7. The van der Waals surface area contributed by atoms with Gasteiger partial charge in [-0.05, 0) is 44.9 Å². The van der Waals surface area contributed by atoms with Crippen molar-refractivity contribution in [2.75, 3.05) is 26.4 Å². The van der Waals surface area contributed by atoms with E-state index in [4.69, 9.17) is 24.3 Å². The second-order valence-corrected chi connectivity index (χ2v) is 14.2. The number of carbonyl (C=O) groups is 2. The third-order valence-corrected chi connectivity index (χ3v) is 9.02. The van der Waals surface area contributed by atoms with Crippen LogP contribution in [0.4, 0.5) is 0 Å². The molecule has 0 saturated carbocycles. The van der Waals surface area contributed by atoms with Crippen molar-refractivity contribution in [1.29, 1.82) is 0 Å². The second kappa shape index (κ2) is 36.0. The molecule has 0 bridgehead atoms. The first-order valence-electron chi connectivity index (χ1n) is 19.5. The highest BCUT2D eigenvalue weighted by Gasteiger charge is 2.25. The zero-order valence-electron chi connectivity index (χ0n) is 31.2. The second-order valence-electron chi connectivity index (χ2n) is 12.8. The van der Waals surface area contributed by atoms with Crippen molar-refractivity contribution < 1.29 is 37.6 Å². The third kappa shape index (κ3) is 35.8. The molecule has 9 nitrogen and oxygen atoms in total. The smallest absolute Gasteiger partial charge is 0.462 e. The van der Waals surface area contributed by atoms with Crippen LogP contribution in [0.1, 0.15) is 168 Å². The van der Waals surface area contributed by atoms with Crippen LogP contribution in [0.3, 0.4) is 0 Å². The number of esters is 2. The molecule has 0 aromatic carbocycles. The van der Waals surface area contributed by atoms with Crippen LogP contribution in [0.25, 0.3) is 0 Å². The summed E-state index contributed by atoms with van der Waals surface area (Å²) in [5.41, 5.74) is 5.33. The van der Waals surface area contributed by atoms with Crippen LogP contribution in [0.5, 0.6) is 0 Å². The zero-order chi connectivity index (χ0) is 36.1. The van der Waals surface area contributed by atoms with Gasteiger partial charge in [-0.15, -0.1) is 0 Å². The Labute approximate surface area is 299 Å². The lowest BCUT2D eigenvalue weighted by Crippen LogP contribution is -2.29. The summed E-state index contributed by atoms with van der Waals surface area (Å²) in [7, 11) is -4.37. The van der Waals surface area contributed by atoms with Gasteiger partial charge in [0.2, 0.25) is 0 Å². The number of ether oxygens (including phenoxy) is 2. The van der Waals surface area contributed by atoms with Crippen molar-refractivity contribution in [3.63, 3.8) is 0 Å². The largest absolute Gasteiger partial charge is 0.472 e. The molecule has 286 valence electrons. The molecule has 0 aromatic heterocycles. The van der Waals surface area contributed by atoms with E-state index in [0.717, 1.165) is 64.2 Å². The molecule has 2 atom stereocenters. The fourth-order valence-electron chi connectivity index (χ4n) is 5.18. The molecule has 2 unspecified atom stereocenters. The number of phosphoric ester groups is 1. The average molecular weight is 714 g/mol. The standard InChI is InChI=1S/C39H72NO8P/c1-3-5-7-9-11-13-15-16-17-18-19-20-22-24-26-28-30-32-39(42)48-37(36-47-49(43,44)46-34-33-40)35-45-38(41)31-29-27-25-23-21-14-12-10-8-6-4-2/h5,7,11,13,16-17,37H,3-4,6,8-10,12,14-15,18-36,40H2,1-2H3,(H,43,44)/b7-5-,13-11-,17-16-. The highest BCUT2D eigenvalue weighted by atomic mass is 31.2. The van der Waals surface area contributed by atoms with E-state index in [1.165, 1.54) is 70.6 Å². The molecule has 0 fully saturated rings. The molecule has 0 saturated heterocycles. The van der Waals surface area contributed by atoms with Gasteiger partial charge in [0.15, 0.2) is 6.10 Å². The van der Waals surface area contributed by atoms with Gasteiger partial charge in [-0.25, -0.2) is 4.57 Å². The van der Waals surface area contributed by atoms with Crippen molar-refractivity contribution in [3.8, 4) is 0 Å². The molecule has 0 aliphatic carbocycles. The fourth-order valence-corrected chi connectivity index (χ4v) is 5.94. The van der Waals surface area contributed by atoms with Crippen molar-refractivity contribution in [3.05, 3.63) is 36.5 Å². The molecule has 0 aliphatic rings. The van der Waals surface area contributed by atoms with Crippen LogP contribution >= 0.6 is 7.82 Å². The van der Waals surface area contributed by atoms with E-state index >= 15 is 0 Å². The van der Waals surface area contributed by atoms with Gasteiger partial charge in [-0.1, -0.05) is 147 Å². The first kappa shape index (κ1) is 47.2. The molecule has 0 radical (unpaired) electrons. The SMILES string of the molecule is CC/C=C\C/C=C\C/C=C\CCCCCCCCCC(=O)OC(COC(=O)CCCCCCCCCCCCC)COP(=O)(O)OCCN. The quantitative estimate of drug-likeness (QED) is 0.0281. The van der Waals surface area contributed by atoms with Crippen molar-refractivity contribution in [2.45, 2.75) is 174 Å². The van der Waals surface area contributed by atoms with Gasteiger partial charge in [0, 0.05) is 19.4 Å². The molecule has 0 aromatic rings. The Bertz CT molecular complexity index is 907. The van der Waals surface area contributed by atoms with E-state index in [2.05, 4.69) is 50.3 Å². The lowest BCUT2D eigenvalue weighted by atomic mass is 10.1. The monoisotopic (exact) mass is 713 g/mol. The van der Waals surface area contributed by atoms with Crippen LogP contribution < -0.4 is 5.73 Å². The number of allylic oxidation sites excluding steroid dienone is 6. The van der Waals surface area contributed by atoms with Gasteiger partial charge in [-0.3, -0.25) is 18.6 Å². The minimum Gasteiger partial charge on any atom is -0.462 e. The number of hydrogen-bond acceptors (Lipinski definition) is 8. The molecule has 0 amide bonds. The Morgan fingerprint density at radius 3 is 1.67 bits per heavy atom. The predicted octanol–water partition coefficient (Wildman–Crippen LogP) is 10.6. The van der Waals surface area contributed by atoms with Gasteiger partial charge in [0.25, 0.3) is 0 Å². The summed E-state index contributed by atoms with van der Waals surface area (Å²) in [6.07, 6.45) is 37.4. The Morgan fingerprint density at radius 1 is 0.633 bits per heavy atom. The van der Waals surface area contributed by atoms with E-state index in [1.807, 2.05) is 0 Å². The van der Waals surface area contributed by atoms with Crippen LogP contribution in [-0.4, -0.2) is 49.3 Å². The van der Waals surface area contributed by atoms with E-state index < -0.39 is 26.5 Å². The minimum absolute atomic E-state index is 0.0517. The summed E-state index contributed by atoms with van der Waals surface area (Å²) in [5, 5.41) is 0. The van der Waals surface area contributed by atoms with Gasteiger partial charge >= 0.3 is 19.8 Å². The number of rotatable bonds is 36. The Balaban J connectivity index is 4.21. The highest BCUT2D eigenvalue weighted by Crippen LogP contribution is 2.43. The van der Waals surface area contributed by atoms with Crippen LogP contribution in [0.15, 0.2) is 36.5 Å². The summed E-state index contributed by atoms with van der Waals surface area (Å²) in [6, 6.07) is 0. The molecule has 10 heteroatoms. The number of unbranched alkanes of at least 4 members (excludes halogenated alkanes) is 17. The number of hydrogen-bond donors (Lipinski definition) is 2. The maximum absolute atomic E-state index is 12.5. The van der Waals surface area contributed by atoms with Gasteiger partial charge in [-0.2, -0.15) is 0 Å². The summed E-state index contributed by atoms with van der Waals surface area (Å²) in [6.45, 7) is 3.59. The maximum atomic E-state index is 12.5. The van der Waals surface area contributed by atoms with Crippen molar-refractivity contribution in [2.24, 2.45) is 5.73 Å². The Hall–Kier alpha value is -1.77. The molecule has 0 rings (SSSR count). The molecular weight excluding hydrogens is 641 g/mol. The number of nitrogens with two attached hydrogens (primary N) is 1. The lowest BCUT2D eigenvalue weighted by Gasteiger charge is -2.19. The third-order valence-electron chi connectivity index (χ3n) is 8.04. The Kier molecular flexibility index (Phi) is 34.7. The van der Waals surface area contributed by atoms with E-state index in [0.29, 0.717) is 6.42 Å². The van der Waals surface area contributed by atoms with E-state index in [1.54, 1.807) is 0 Å². The predicted molar refractivity (Wildman–Crippen MR) is 201 cm³/mol.